The molecule has 2 heterocycles. The second-order valence-corrected chi connectivity index (χ2v) is 8.47. The van der Waals surface area contributed by atoms with E-state index in [-0.39, 0.29) is 5.91 Å². The molecular weight excluding hydrogens is 368 g/mol. The van der Waals surface area contributed by atoms with Crippen LogP contribution in [0.1, 0.15) is 16.1 Å². The first-order chi connectivity index (χ1) is 13.6. The van der Waals surface area contributed by atoms with Gasteiger partial charge in [-0.25, -0.2) is 4.98 Å². The summed E-state index contributed by atoms with van der Waals surface area (Å²) in [6.45, 7) is 8.69. The number of hydrogen-bond donors (Lipinski definition) is 1. The van der Waals surface area contributed by atoms with E-state index in [9.17, 15) is 4.79 Å². The molecule has 0 saturated carbocycles. The van der Waals surface area contributed by atoms with Crippen LogP contribution < -0.4 is 5.32 Å². The lowest BCUT2D eigenvalue weighted by molar-refractivity contribution is -0.131. The second-order valence-electron chi connectivity index (χ2n) is 7.35. The first kappa shape index (κ1) is 18.9. The number of aryl methyl sites for hydroxylation is 2. The van der Waals surface area contributed by atoms with Gasteiger partial charge in [-0.2, -0.15) is 0 Å². The number of aromatic nitrogens is 1. The lowest BCUT2D eigenvalue weighted by Gasteiger charge is -2.34. The van der Waals surface area contributed by atoms with Crippen LogP contribution >= 0.6 is 11.3 Å². The number of amides is 1. The largest absolute Gasteiger partial charge is 0.376 e. The zero-order chi connectivity index (χ0) is 19.5. The van der Waals surface area contributed by atoms with Gasteiger partial charge in [0.2, 0.25) is 5.91 Å². The molecule has 0 bridgehead atoms. The standard InChI is InChI=1S/C22H26N4OS/c1-16-6-5-7-17(2)22(16)23-14-21(27)26-12-10-25(11-13-26)15-20-24-18-8-3-4-9-19(18)28-20/h3-9,23H,10-15H2,1-2H3. The molecule has 1 fully saturated rings. The number of hydrogen-bond acceptors (Lipinski definition) is 5. The van der Waals surface area contributed by atoms with Gasteiger partial charge in [0.15, 0.2) is 0 Å². The Balaban J connectivity index is 1.28. The Morgan fingerprint density at radius 3 is 2.46 bits per heavy atom. The molecule has 6 heteroatoms. The molecule has 5 nitrogen and oxygen atoms in total. The zero-order valence-corrected chi connectivity index (χ0v) is 17.3. The summed E-state index contributed by atoms with van der Waals surface area (Å²) in [5, 5.41) is 4.48. The maximum atomic E-state index is 12.6. The van der Waals surface area contributed by atoms with Crippen LogP contribution in [0.3, 0.4) is 0 Å². The number of benzene rings is 2. The number of carbonyl (C=O) groups is 1. The molecule has 3 aromatic rings. The molecule has 0 radical (unpaired) electrons. The third-order valence-corrected chi connectivity index (χ3v) is 6.34. The van der Waals surface area contributed by atoms with E-state index in [1.807, 2.05) is 17.0 Å². The van der Waals surface area contributed by atoms with Crippen LogP contribution in [-0.4, -0.2) is 53.4 Å². The van der Waals surface area contributed by atoms with Gasteiger partial charge in [0.25, 0.3) is 0 Å². The highest BCUT2D eigenvalue weighted by molar-refractivity contribution is 7.18. The lowest BCUT2D eigenvalue weighted by Crippen LogP contribution is -2.49. The maximum absolute atomic E-state index is 12.6. The second kappa shape index (κ2) is 8.29. The van der Waals surface area contributed by atoms with E-state index < -0.39 is 0 Å². The molecule has 1 aliphatic rings. The van der Waals surface area contributed by atoms with Gasteiger partial charge in [-0.3, -0.25) is 9.69 Å². The van der Waals surface area contributed by atoms with Crippen molar-refractivity contribution in [3.8, 4) is 0 Å². The molecule has 1 aromatic heterocycles. The van der Waals surface area contributed by atoms with Crippen molar-refractivity contribution in [2.24, 2.45) is 0 Å². The summed E-state index contributed by atoms with van der Waals surface area (Å²) in [5.41, 5.74) is 4.50. The first-order valence-corrected chi connectivity index (χ1v) is 10.6. The minimum absolute atomic E-state index is 0.169. The fourth-order valence-corrected chi connectivity index (χ4v) is 4.71. The Morgan fingerprint density at radius 2 is 1.75 bits per heavy atom. The summed E-state index contributed by atoms with van der Waals surface area (Å²) in [6, 6.07) is 14.5. The third-order valence-electron chi connectivity index (χ3n) is 5.32. The van der Waals surface area contributed by atoms with Crippen molar-refractivity contribution in [3.63, 3.8) is 0 Å². The highest BCUT2D eigenvalue weighted by Crippen LogP contribution is 2.23. The zero-order valence-electron chi connectivity index (χ0n) is 16.4. The van der Waals surface area contributed by atoms with E-state index in [0.29, 0.717) is 6.54 Å². The van der Waals surface area contributed by atoms with Crippen molar-refractivity contribution in [3.05, 3.63) is 58.6 Å². The molecule has 1 amide bonds. The van der Waals surface area contributed by atoms with Gasteiger partial charge in [-0.1, -0.05) is 30.3 Å². The van der Waals surface area contributed by atoms with Crippen LogP contribution in [0.2, 0.25) is 0 Å². The summed E-state index contributed by atoms with van der Waals surface area (Å²) in [4.78, 5) is 21.7. The molecule has 0 spiro atoms. The summed E-state index contributed by atoms with van der Waals surface area (Å²) < 4.78 is 1.24. The number of rotatable bonds is 5. The molecule has 1 aliphatic heterocycles. The van der Waals surface area contributed by atoms with Gasteiger partial charge in [0, 0.05) is 31.9 Å². The number of nitrogens with zero attached hydrogens (tertiary/aromatic N) is 3. The molecule has 0 aliphatic carbocycles. The van der Waals surface area contributed by atoms with Crippen molar-refractivity contribution in [2.45, 2.75) is 20.4 Å². The summed E-state index contributed by atoms with van der Waals surface area (Å²) in [7, 11) is 0. The molecule has 2 aromatic carbocycles. The Bertz CT molecular complexity index is 922. The minimum atomic E-state index is 0.169. The molecule has 0 atom stereocenters. The van der Waals surface area contributed by atoms with Crippen LogP contribution in [-0.2, 0) is 11.3 Å². The van der Waals surface area contributed by atoms with Gasteiger partial charge in [-0.15, -0.1) is 11.3 Å². The quantitative estimate of drug-likeness (QED) is 0.717. The highest BCUT2D eigenvalue weighted by Gasteiger charge is 2.22. The van der Waals surface area contributed by atoms with Gasteiger partial charge < -0.3 is 10.2 Å². The normalized spacial score (nSPS) is 15.1. The van der Waals surface area contributed by atoms with Gasteiger partial charge in [-0.05, 0) is 37.1 Å². The minimum Gasteiger partial charge on any atom is -0.376 e. The van der Waals surface area contributed by atoms with Crippen molar-refractivity contribution >= 4 is 33.1 Å². The Morgan fingerprint density at radius 1 is 1.04 bits per heavy atom. The van der Waals surface area contributed by atoms with E-state index in [0.717, 1.165) is 48.9 Å². The number of piperazine rings is 1. The summed E-state index contributed by atoms with van der Waals surface area (Å²) in [5.74, 6) is 0.169. The first-order valence-electron chi connectivity index (χ1n) is 9.75. The SMILES string of the molecule is Cc1cccc(C)c1NCC(=O)N1CCN(Cc2nc3ccccc3s2)CC1. The number of para-hydroxylation sites is 2. The molecule has 0 unspecified atom stereocenters. The molecule has 146 valence electrons. The molecule has 4 rings (SSSR count). The van der Waals surface area contributed by atoms with Crippen LogP contribution in [0.4, 0.5) is 5.69 Å². The predicted octanol–water partition coefficient (Wildman–Crippen LogP) is 3.67. The monoisotopic (exact) mass is 394 g/mol. The van der Waals surface area contributed by atoms with Gasteiger partial charge >= 0.3 is 0 Å². The smallest absolute Gasteiger partial charge is 0.241 e. The maximum Gasteiger partial charge on any atom is 0.241 e. The fourth-order valence-electron chi connectivity index (χ4n) is 3.70. The molecule has 1 saturated heterocycles. The van der Waals surface area contributed by atoms with Gasteiger partial charge in [0.1, 0.15) is 5.01 Å². The highest BCUT2D eigenvalue weighted by atomic mass is 32.1. The summed E-state index contributed by atoms with van der Waals surface area (Å²) >= 11 is 1.76. The average Bonchev–Trinajstić information content (AvgIpc) is 3.10. The predicted molar refractivity (Wildman–Crippen MR) is 116 cm³/mol. The Hall–Kier alpha value is -2.44. The van der Waals surface area contributed by atoms with Crippen LogP contribution in [0.25, 0.3) is 10.2 Å². The van der Waals surface area contributed by atoms with E-state index in [2.05, 4.69) is 54.4 Å². The van der Waals surface area contributed by atoms with E-state index in [1.165, 1.54) is 15.8 Å². The molecule has 1 N–H and O–H groups in total. The Labute approximate surface area is 170 Å². The third kappa shape index (κ3) is 4.18. The number of nitrogens with one attached hydrogen (secondary N) is 1. The Kier molecular flexibility index (Phi) is 5.59. The van der Waals surface area contributed by atoms with Crippen LogP contribution in [0.5, 0.6) is 0 Å². The van der Waals surface area contributed by atoms with Crippen molar-refractivity contribution in [1.82, 2.24) is 14.8 Å². The molecule has 28 heavy (non-hydrogen) atoms. The fraction of sp³-hybridized carbons (Fsp3) is 0.364. The summed E-state index contributed by atoms with van der Waals surface area (Å²) in [6.07, 6.45) is 0. The number of carbonyl (C=O) groups excluding carboxylic acids is 1. The number of fused-ring (bicyclic) bond motifs is 1. The van der Waals surface area contributed by atoms with Crippen molar-refractivity contribution in [1.29, 1.82) is 0 Å². The van der Waals surface area contributed by atoms with E-state index >= 15 is 0 Å². The van der Waals surface area contributed by atoms with Crippen LogP contribution in [0, 0.1) is 13.8 Å². The van der Waals surface area contributed by atoms with E-state index in [4.69, 9.17) is 4.98 Å². The topological polar surface area (TPSA) is 48.5 Å². The average molecular weight is 395 g/mol. The van der Waals surface area contributed by atoms with E-state index in [1.54, 1.807) is 11.3 Å². The lowest BCUT2D eigenvalue weighted by atomic mass is 10.1. The van der Waals surface area contributed by atoms with Crippen molar-refractivity contribution < 1.29 is 4.79 Å². The molecular formula is C22H26N4OS. The number of anilines is 1. The number of thiazole rings is 1. The van der Waals surface area contributed by atoms with Gasteiger partial charge in [0.05, 0.1) is 23.3 Å². The van der Waals surface area contributed by atoms with Crippen molar-refractivity contribution in [2.75, 3.05) is 38.0 Å². The van der Waals surface area contributed by atoms with Crippen LogP contribution in [0.15, 0.2) is 42.5 Å².